The van der Waals surface area contributed by atoms with Gasteiger partial charge in [-0.2, -0.15) is 0 Å². The molecule has 0 radical (unpaired) electrons. The summed E-state index contributed by atoms with van der Waals surface area (Å²) in [6.07, 6.45) is 0.639. The molecule has 0 rings (SSSR count). The number of hydrogen-bond acceptors (Lipinski definition) is 3. The van der Waals surface area contributed by atoms with Gasteiger partial charge in [-0.05, 0) is 32.0 Å². The first kappa shape index (κ1) is 17.1. The molecule has 0 aromatic rings. The molecule has 0 aliphatic carbocycles. The smallest absolute Gasteiger partial charge is 0.208 e. The highest BCUT2D eigenvalue weighted by Crippen LogP contribution is 2.34. The molecule has 104 valence electrons. The number of hydrogen-bond donors (Lipinski definition) is 2. The van der Waals surface area contributed by atoms with Gasteiger partial charge in [0.15, 0.2) is 0 Å². The Labute approximate surface area is 108 Å². The first-order chi connectivity index (χ1) is 7.44. The zero-order valence-electron chi connectivity index (χ0n) is 12.2. The average Bonchev–Trinajstić information content (AvgIpc) is 2.10. The molecule has 0 bridgehead atoms. The van der Waals surface area contributed by atoms with Crippen LogP contribution in [0.15, 0.2) is 0 Å². The molecule has 6 heteroatoms. The fraction of sp³-hybridized carbons (Fsp3) is 1.00. The maximum atomic E-state index is 12.2. The summed E-state index contributed by atoms with van der Waals surface area (Å²) in [6.45, 7) is 12.9. The Morgan fingerprint density at radius 1 is 1.24 bits per heavy atom. The molecular weight excluding hydrogens is 252 g/mol. The highest BCUT2D eigenvalue weighted by atomic mass is 32.2. The Bertz CT molecular complexity index is 334. The molecule has 0 aromatic heterocycles. The van der Waals surface area contributed by atoms with Crippen molar-refractivity contribution >= 4 is 18.3 Å². The molecule has 0 aliphatic heterocycles. The summed E-state index contributed by atoms with van der Waals surface area (Å²) in [5.74, 6) is 0. The van der Waals surface area contributed by atoms with E-state index >= 15 is 0 Å². The van der Waals surface area contributed by atoms with Crippen LogP contribution >= 0.6 is 0 Å². The Kier molecular flexibility index (Phi) is 5.85. The van der Waals surface area contributed by atoms with Crippen LogP contribution in [0, 0.1) is 0 Å². The normalized spacial score (nSPS) is 15.9. The van der Waals surface area contributed by atoms with Crippen LogP contribution in [0.25, 0.3) is 0 Å². The van der Waals surface area contributed by atoms with E-state index in [0.717, 1.165) is 6.54 Å². The van der Waals surface area contributed by atoms with Gasteiger partial charge in [0.1, 0.15) is 8.24 Å². The largest absolute Gasteiger partial charge is 0.320 e. The first-order valence-corrected chi connectivity index (χ1v) is 10.7. The van der Waals surface area contributed by atoms with E-state index in [-0.39, 0.29) is 10.3 Å². The predicted molar refractivity (Wildman–Crippen MR) is 77.3 cm³/mol. The molecule has 4 nitrogen and oxygen atoms in total. The van der Waals surface area contributed by atoms with Crippen LogP contribution in [0.1, 0.15) is 34.1 Å². The Hall–Kier alpha value is 0.0869. The van der Waals surface area contributed by atoms with Crippen molar-refractivity contribution in [1.29, 1.82) is 0 Å². The van der Waals surface area contributed by atoms with Crippen LogP contribution in [0.3, 0.4) is 0 Å². The van der Waals surface area contributed by atoms with E-state index in [1.807, 2.05) is 7.05 Å². The van der Waals surface area contributed by atoms with Crippen LogP contribution in [-0.2, 0) is 10.0 Å². The fourth-order valence-corrected chi connectivity index (χ4v) is 6.41. The molecule has 1 unspecified atom stereocenters. The summed E-state index contributed by atoms with van der Waals surface area (Å²) in [6, 6.07) is 0. The lowest BCUT2D eigenvalue weighted by Crippen LogP contribution is -2.56. The minimum absolute atomic E-state index is 0.0167. The van der Waals surface area contributed by atoms with Gasteiger partial charge in [0.05, 0.1) is 5.25 Å². The molecule has 0 saturated carbocycles. The van der Waals surface area contributed by atoms with E-state index in [0.29, 0.717) is 6.42 Å². The van der Waals surface area contributed by atoms with Gasteiger partial charge in [0.2, 0.25) is 10.0 Å². The van der Waals surface area contributed by atoms with E-state index in [1.54, 1.807) is 6.92 Å². The Morgan fingerprint density at radius 3 is 2.06 bits per heavy atom. The van der Waals surface area contributed by atoms with Gasteiger partial charge in [-0.15, -0.1) is 0 Å². The summed E-state index contributed by atoms with van der Waals surface area (Å²) in [5.41, 5.74) is 0. The lowest BCUT2D eigenvalue weighted by Gasteiger charge is -2.37. The van der Waals surface area contributed by atoms with Gasteiger partial charge in [0.25, 0.3) is 0 Å². The van der Waals surface area contributed by atoms with E-state index in [9.17, 15) is 8.42 Å². The molecule has 1 atom stereocenters. The number of nitrogens with one attached hydrogen (secondary N) is 2. The van der Waals surface area contributed by atoms with E-state index in [1.165, 1.54) is 0 Å². The maximum absolute atomic E-state index is 12.2. The monoisotopic (exact) mass is 280 g/mol. The molecule has 2 N–H and O–H groups in total. The van der Waals surface area contributed by atoms with Crippen molar-refractivity contribution < 1.29 is 8.42 Å². The van der Waals surface area contributed by atoms with E-state index in [4.69, 9.17) is 0 Å². The fourth-order valence-electron chi connectivity index (χ4n) is 1.11. The Balaban J connectivity index is 4.77. The zero-order valence-corrected chi connectivity index (χ0v) is 14.0. The third-order valence-corrected chi connectivity index (χ3v) is 11.8. The van der Waals surface area contributed by atoms with E-state index in [2.05, 4.69) is 43.6 Å². The molecule has 17 heavy (non-hydrogen) atoms. The third-order valence-electron chi connectivity index (χ3n) is 3.60. The van der Waals surface area contributed by atoms with Crippen molar-refractivity contribution in [3.05, 3.63) is 0 Å². The van der Waals surface area contributed by atoms with Gasteiger partial charge in [-0.3, -0.25) is 0 Å². The van der Waals surface area contributed by atoms with Crippen molar-refractivity contribution in [3.63, 3.8) is 0 Å². The summed E-state index contributed by atoms with van der Waals surface area (Å²) in [7, 11) is -3.37. The lowest BCUT2D eigenvalue weighted by molar-refractivity contribution is 0.567. The van der Waals surface area contributed by atoms with Crippen LogP contribution in [0.5, 0.6) is 0 Å². The van der Waals surface area contributed by atoms with Gasteiger partial charge < -0.3 is 5.32 Å². The van der Waals surface area contributed by atoms with Crippen molar-refractivity contribution in [2.75, 3.05) is 13.6 Å². The first-order valence-electron chi connectivity index (χ1n) is 6.11. The quantitative estimate of drug-likeness (QED) is 0.731. The predicted octanol–water partition coefficient (Wildman–Crippen LogP) is 1.91. The SMILES string of the molecule is CNCCC(C)S(=O)(=O)N[Si](C)(C)C(C)(C)C. The maximum Gasteiger partial charge on any atom is 0.208 e. The highest BCUT2D eigenvalue weighted by Gasteiger charge is 2.40. The molecule has 0 fully saturated rings. The second kappa shape index (κ2) is 5.82. The van der Waals surface area contributed by atoms with Gasteiger partial charge in [-0.1, -0.05) is 33.9 Å². The van der Waals surface area contributed by atoms with Crippen molar-refractivity contribution in [2.24, 2.45) is 0 Å². The number of rotatable bonds is 6. The second-order valence-corrected chi connectivity index (χ2v) is 13.7. The van der Waals surface area contributed by atoms with Crippen molar-refractivity contribution in [2.45, 2.75) is 57.5 Å². The standard InChI is InChI=1S/C11H28N2O2SSi/c1-10(8-9-12-5)16(14,15)13-17(6,7)11(2,3)4/h10,12-13H,8-9H2,1-7H3. The highest BCUT2D eigenvalue weighted by molar-refractivity contribution is 7.91. The summed E-state index contributed by atoms with van der Waals surface area (Å²) in [5, 5.41) is 2.66. The number of sulfonamides is 1. The lowest BCUT2D eigenvalue weighted by atomic mass is 10.2. The van der Waals surface area contributed by atoms with Gasteiger partial charge >= 0.3 is 0 Å². The molecule has 0 amide bonds. The zero-order chi connectivity index (χ0) is 13.9. The van der Waals surface area contributed by atoms with Crippen molar-refractivity contribution in [1.82, 2.24) is 9.70 Å². The molecule has 0 spiro atoms. The van der Waals surface area contributed by atoms with Crippen LogP contribution in [0.2, 0.25) is 18.1 Å². The van der Waals surface area contributed by atoms with Crippen LogP contribution in [0.4, 0.5) is 0 Å². The van der Waals surface area contributed by atoms with Crippen LogP contribution < -0.4 is 9.70 Å². The molecule has 0 heterocycles. The van der Waals surface area contributed by atoms with Gasteiger partial charge in [0, 0.05) is 0 Å². The molecular formula is C11H28N2O2SSi. The third kappa shape index (κ3) is 5.07. The molecule has 0 aromatic carbocycles. The van der Waals surface area contributed by atoms with E-state index < -0.39 is 18.3 Å². The molecule has 0 aliphatic rings. The summed E-state index contributed by atoms with van der Waals surface area (Å²) < 4.78 is 27.4. The summed E-state index contributed by atoms with van der Waals surface area (Å²) >= 11 is 0. The minimum atomic E-state index is -3.20. The van der Waals surface area contributed by atoms with Crippen LogP contribution in [-0.4, -0.2) is 35.5 Å². The molecule has 0 saturated heterocycles. The average molecular weight is 281 g/mol. The minimum Gasteiger partial charge on any atom is -0.320 e. The second-order valence-electron chi connectivity index (χ2n) is 6.22. The van der Waals surface area contributed by atoms with Gasteiger partial charge in [-0.25, -0.2) is 12.8 Å². The Morgan fingerprint density at radius 2 is 1.71 bits per heavy atom. The topological polar surface area (TPSA) is 58.2 Å². The van der Waals surface area contributed by atoms with Crippen molar-refractivity contribution in [3.8, 4) is 0 Å². The summed E-state index contributed by atoms with van der Waals surface area (Å²) in [4.78, 5) is 0.